The molecule has 8 nitrogen and oxygen atoms in total. The lowest BCUT2D eigenvalue weighted by Crippen LogP contribution is -2.20. The van der Waals surface area contributed by atoms with Crippen molar-refractivity contribution >= 4 is 24.4 Å². The van der Waals surface area contributed by atoms with Crippen molar-refractivity contribution in [3.8, 4) is 0 Å². The average molecular weight is 371 g/mol. The summed E-state index contributed by atoms with van der Waals surface area (Å²) in [5.41, 5.74) is 1.14. The topological polar surface area (TPSA) is 99.6 Å². The number of nitrogens with one attached hydrogen (secondary N) is 4. The third-order valence-electron chi connectivity index (χ3n) is 3.10. The first kappa shape index (κ1) is 20.2. The van der Waals surface area contributed by atoms with Gasteiger partial charge in [0.15, 0.2) is 9.54 Å². The van der Waals surface area contributed by atoms with Gasteiger partial charge in [0.05, 0.1) is 0 Å². The van der Waals surface area contributed by atoms with E-state index in [4.69, 9.17) is 24.4 Å². The first-order chi connectivity index (χ1) is 11.3. The number of rotatable bonds is 4. The van der Waals surface area contributed by atoms with Crippen LogP contribution in [-0.4, -0.2) is 33.2 Å². The molecule has 24 heavy (non-hydrogen) atoms. The lowest BCUT2D eigenvalue weighted by Gasteiger charge is -2.02. The molecular weight excluding hydrogens is 348 g/mol. The van der Waals surface area contributed by atoms with E-state index >= 15 is 0 Å². The van der Waals surface area contributed by atoms with Gasteiger partial charge in [-0.05, 0) is 38.5 Å². The molecule has 0 amide bonds. The molecule has 2 heterocycles. The zero-order valence-corrected chi connectivity index (χ0v) is 15.7. The third kappa shape index (κ3) is 5.64. The van der Waals surface area contributed by atoms with E-state index in [2.05, 4.69) is 20.6 Å². The first-order valence-corrected chi connectivity index (χ1v) is 7.98. The highest BCUT2D eigenvalue weighted by Crippen LogP contribution is 1.89. The molecule has 0 aliphatic rings. The van der Waals surface area contributed by atoms with Crippen LogP contribution in [0.5, 0.6) is 0 Å². The molecule has 0 spiro atoms. The van der Waals surface area contributed by atoms with E-state index in [9.17, 15) is 9.59 Å². The molecule has 10 heteroatoms. The van der Waals surface area contributed by atoms with Gasteiger partial charge in [-0.3, -0.25) is 19.6 Å². The lowest BCUT2D eigenvalue weighted by atomic mass is 10.3. The van der Waals surface area contributed by atoms with Crippen molar-refractivity contribution < 1.29 is 0 Å². The van der Waals surface area contributed by atoms with Gasteiger partial charge >= 0.3 is 0 Å². The molecular formula is C14H22N6O2S2. The zero-order chi connectivity index (χ0) is 18.3. The van der Waals surface area contributed by atoms with Crippen molar-refractivity contribution in [1.29, 1.82) is 0 Å². The molecule has 0 saturated heterocycles. The molecule has 0 bridgehead atoms. The molecule has 132 valence electrons. The van der Waals surface area contributed by atoms with Crippen LogP contribution in [-0.2, 0) is 27.2 Å². The minimum absolute atomic E-state index is 0.118. The van der Waals surface area contributed by atoms with Crippen molar-refractivity contribution in [2.45, 2.75) is 13.1 Å². The van der Waals surface area contributed by atoms with Crippen molar-refractivity contribution in [3.05, 3.63) is 53.8 Å². The zero-order valence-electron chi connectivity index (χ0n) is 14.1. The van der Waals surface area contributed by atoms with Crippen LogP contribution in [0.3, 0.4) is 0 Å². The van der Waals surface area contributed by atoms with Crippen molar-refractivity contribution in [2.24, 2.45) is 14.1 Å². The Hall–Kier alpha value is -1.88. The fourth-order valence-corrected chi connectivity index (χ4v) is 2.16. The molecule has 4 N–H and O–H groups in total. The van der Waals surface area contributed by atoms with Crippen molar-refractivity contribution in [2.75, 3.05) is 14.1 Å². The Morgan fingerprint density at radius 2 is 1.21 bits per heavy atom. The Kier molecular flexibility index (Phi) is 7.92. The summed E-state index contributed by atoms with van der Waals surface area (Å²) >= 11 is 9.74. The van der Waals surface area contributed by atoms with Gasteiger partial charge in [-0.1, -0.05) is 0 Å². The minimum atomic E-state index is -0.118. The summed E-state index contributed by atoms with van der Waals surface area (Å²) < 4.78 is 4.31. The highest BCUT2D eigenvalue weighted by atomic mass is 32.1. The van der Waals surface area contributed by atoms with Gasteiger partial charge in [-0.2, -0.15) is 0 Å². The molecule has 0 saturated carbocycles. The van der Waals surface area contributed by atoms with Crippen LogP contribution in [0.15, 0.2) is 22.0 Å². The van der Waals surface area contributed by atoms with Crippen LogP contribution in [0.4, 0.5) is 0 Å². The van der Waals surface area contributed by atoms with Gasteiger partial charge in [-0.25, -0.2) is 0 Å². The van der Waals surface area contributed by atoms with Gasteiger partial charge < -0.3 is 19.8 Å². The smallest absolute Gasteiger partial charge is 0.256 e. The Bertz CT molecular complexity index is 833. The summed E-state index contributed by atoms with van der Waals surface area (Å²) in [7, 11) is 7.19. The number of H-pyrrole nitrogens is 2. The Morgan fingerprint density at radius 3 is 1.50 bits per heavy atom. The maximum atomic E-state index is 11.2. The average Bonchev–Trinajstić information content (AvgIpc) is 2.51. The SMILES string of the molecule is CNCc1cn(C)c(=S)[nH]c1=O.CNCc1cn(C)c(=S)[nH]c1=O. The van der Waals surface area contributed by atoms with E-state index in [1.165, 1.54) is 0 Å². The maximum absolute atomic E-state index is 11.2. The molecule has 2 rings (SSSR count). The largest absolute Gasteiger partial charge is 0.328 e. The standard InChI is InChI=1S/2C7H11N3OS/c2*1-8-3-5-4-10(2)7(12)9-6(5)11/h2*4,8H,3H2,1-2H3,(H,9,11,12). The summed E-state index contributed by atoms with van der Waals surface area (Å²) in [6.45, 7) is 1.11. The van der Waals surface area contributed by atoms with Crippen LogP contribution < -0.4 is 21.8 Å². The molecule has 0 radical (unpaired) electrons. The van der Waals surface area contributed by atoms with E-state index in [-0.39, 0.29) is 11.1 Å². The quantitative estimate of drug-likeness (QED) is 0.579. The highest BCUT2D eigenvalue weighted by molar-refractivity contribution is 7.71. The van der Waals surface area contributed by atoms with Crippen LogP contribution in [0.25, 0.3) is 0 Å². The van der Waals surface area contributed by atoms with E-state index < -0.39 is 0 Å². The second kappa shape index (κ2) is 9.42. The van der Waals surface area contributed by atoms with Crippen LogP contribution in [0, 0.1) is 9.54 Å². The van der Waals surface area contributed by atoms with E-state index in [0.717, 1.165) is 0 Å². The molecule has 0 aromatic carbocycles. The third-order valence-corrected chi connectivity index (χ3v) is 3.88. The van der Waals surface area contributed by atoms with Gasteiger partial charge in [0, 0.05) is 50.7 Å². The molecule has 2 aromatic rings. The monoisotopic (exact) mass is 370 g/mol. The van der Waals surface area contributed by atoms with Crippen molar-refractivity contribution in [1.82, 2.24) is 29.7 Å². The first-order valence-electron chi connectivity index (χ1n) is 7.17. The van der Waals surface area contributed by atoms with Crippen LogP contribution in [0.1, 0.15) is 11.1 Å². The van der Waals surface area contributed by atoms with Gasteiger partial charge in [-0.15, -0.1) is 0 Å². The predicted molar refractivity (Wildman–Crippen MR) is 99.3 cm³/mol. The van der Waals surface area contributed by atoms with Crippen molar-refractivity contribution in [3.63, 3.8) is 0 Å². The number of aromatic nitrogens is 4. The molecule has 0 atom stereocenters. The lowest BCUT2D eigenvalue weighted by molar-refractivity contribution is 0.753. The molecule has 0 unspecified atom stereocenters. The van der Waals surface area contributed by atoms with E-state index in [1.807, 2.05) is 0 Å². The highest BCUT2D eigenvalue weighted by Gasteiger charge is 1.99. The Morgan fingerprint density at radius 1 is 0.875 bits per heavy atom. The van der Waals surface area contributed by atoms with Crippen LogP contribution in [0.2, 0.25) is 0 Å². The normalized spacial score (nSPS) is 10.2. The summed E-state index contributed by atoms with van der Waals surface area (Å²) in [5.74, 6) is 0. The summed E-state index contributed by atoms with van der Waals surface area (Å²) in [6.07, 6.45) is 3.47. The maximum Gasteiger partial charge on any atom is 0.256 e. The van der Waals surface area contributed by atoms with Gasteiger partial charge in [0.2, 0.25) is 0 Å². The fraction of sp³-hybridized carbons (Fsp3) is 0.429. The second-order valence-electron chi connectivity index (χ2n) is 5.11. The Labute approximate surface area is 149 Å². The minimum Gasteiger partial charge on any atom is -0.328 e. The summed E-state index contributed by atoms with van der Waals surface area (Å²) in [4.78, 5) is 27.6. The Balaban J connectivity index is 0.000000240. The number of hydrogen-bond donors (Lipinski definition) is 4. The molecule has 2 aromatic heterocycles. The number of hydrogen-bond acceptors (Lipinski definition) is 6. The summed E-state index contributed by atoms with van der Waals surface area (Å²) in [5, 5.41) is 5.81. The number of aryl methyl sites for hydroxylation is 2. The van der Waals surface area contributed by atoms with E-state index in [0.29, 0.717) is 33.8 Å². The van der Waals surface area contributed by atoms with E-state index in [1.54, 1.807) is 49.7 Å². The second-order valence-corrected chi connectivity index (χ2v) is 5.88. The number of nitrogens with zero attached hydrogens (tertiary/aromatic N) is 2. The number of aromatic amines is 2. The molecule has 0 aliphatic heterocycles. The summed E-state index contributed by atoms with van der Waals surface area (Å²) in [6, 6.07) is 0. The fourth-order valence-electron chi connectivity index (χ4n) is 1.87. The van der Waals surface area contributed by atoms with Gasteiger partial charge in [0.1, 0.15) is 0 Å². The van der Waals surface area contributed by atoms with Gasteiger partial charge in [0.25, 0.3) is 11.1 Å². The van der Waals surface area contributed by atoms with Crippen LogP contribution >= 0.6 is 24.4 Å². The molecule has 0 aliphatic carbocycles. The predicted octanol–water partition coefficient (Wildman–Crippen LogP) is 0.325. The molecule has 0 fully saturated rings.